The van der Waals surface area contributed by atoms with Gasteiger partial charge in [0.2, 0.25) is 0 Å². The number of fused-ring (bicyclic) bond motifs is 2. The topological polar surface area (TPSA) is 142 Å². The lowest BCUT2D eigenvalue weighted by Crippen LogP contribution is -2.14. The van der Waals surface area contributed by atoms with Gasteiger partial charge in [-0.15, -0.1) is 0 Å². The first-order chi connectivity index (χ1) is 36.8. The van der Waals surface area contributed by atoms with Gasteiger partial charge in [-0.1, -0.05) is 44.2 Å². The fourth-order valence-corrected chi connectivity index (χ4v) is 8.39. The number of ether oxygens (including phenoxy) is 3. The van der Waals surface area contributed by atoms with Crippen LogP contribution in [0.25, 0.3) is 33.4 Å². The van der Waals surface area contributed by atoms with Gasteiger partial charge in [0.15, 0.2) is 11.6 Å². The van der Waals surface area contributed by atoms with Gasteiger partial charge < -0.3 is 30.0 Å². The first-order valence-electron chi connectivity index (χ1n) is 24.7. The molecule has 0 unspecified atom stereocenters. The van der Waals surface area contributed by atoms with Crippen molar-refractivity contribution in [2.45, 2.75) is 72.3 Å². The van der Waals surface area contributed by atoms with Gasteiger partial charge >= 0.3 is 12.4 Å². The first-order valence-corrected chi connectivity index (χ1v) is 24.7. The van der Waals surface area contributed by atoms with E-state index in [0.29, 0.717) is 92.8 Å². The Kier molecular flexibility index (Phi) is 16.8. The van der Waals surface area contributed by atoms with Crippen molar-refractivity contribution in [3.63, 3.8) is 0 Å². The maximum atomic E-state index is 12.9. The summed E-state index contributed by atoms with van der Waals surface area (Å²) in [7, 11) is 0. The van der Waals surface area contributed by atoms with E-state index in [4.69, 9.17) is 14.2 Å². The summed E-state index contributed by atoms with van der Waals surface area (Å²) in [5.74, 6) is 2.65. The summed E-state index contributed by atoms with van der Waals surface area (Å²) >= 11 is 0. The van der Waals surface area contributed by atoms with Crippen LogP contribution in [0, 0.1) is 13.8 Å². The summed E-state index contributed by atoms with van der Waals surface area (Å²) in [6.45, 7) is 7.16. The molecule has 2 aromatic heterocycles. The van der Waals surface area contributed by atoms with E-state index in [0.717, 1.165) is 28.1 Å². The highest BCUT2D eigenvalue weighted by Gasteiger charge is 2.28. The molecule has 9 rings (SSSR count). The summed E-state index contributed by atoms with van der Waals surface area (Å²) in [5, 5.41) is 15.2. The normalized spacial score (nSPS) is 11.5. The zero-order chi connectivity index (χ0) is 54.9. The Labute approximate surface area is 439 Å². The number of phenols is 1. The molecule has 7 aromatic carbocycles. The van der Waals surface area contributed by atoms with Crippen molar-refractivity contribution in [3.05, 3.63) is 180 Å². The molecule has 0 aliphatic carbocycles. The van der Waals surface area contributed by atoms with Gasteiger partial charge in [-0.3, -0.25) is 18.7 Å². The second-order valence-corrected chi connectivity index (χ2v) is 18.0. The molecule has 0 amide bonds. The van der Waals surface area contributed by atoms with Crippen LogP contribution < -0.4 is 24.8 Å². The summed E-state index contributed by atoms with van der Waals surface area (Å²) < 4.78 is 98.3. The Morgan fingerprint density at radius 2 is 0.974 bits per heavy atom. The third-order valence-electron chi connectivity index (χ3n) is 12.3. The number of nitrogens with one attached hydrogen (secondary N) is 2. The number of phenolic OH excluding ortho intramolecular Hbond substituents is 1. The molecule has 0 atom stereocenters. The van der Waals surface area contributed by atoms with Crippen LogP contribution in [0.5, 0.6) is 34.5 Å². The average molecular weight is 1060 g/mol. The van der Waals surface area contributed by atoms with Gasteiger partial charge in [-0.25, -0.2) is 9.97 Å². The fourth-order valence-electron chi connectivity index (χ4n) is 8.39. The Morgan fingerprint density at radius 3 is 1.39 bits per heavy atom. The van der Waals surface area contributed by atoms with E-state index in [9.17, 15) is 41.0 Å². The highest BCUT2D eigenvalue weighted by molar-refractivity contribution is 5.98. The van der Waals surface area contributed by atoms with E-state index in [2.05, 4.69) is 20.6 Å². The van der Waals surface area contributed by atoms with Gasteiger partial charge in [0, 0.05) is 72.7 Å². The number of hydrogen-bond acceptors (Lipinski definition) is 10. The quantitative estimate of drug-likeness (QED) is 0.0529. The Bertz CT molecular complexity index is 3500. The third kappa shape index (κ3) is 14.1. The van der Waals surface area contributed by atoms with Crippen LogP contribution in [0.4, 0.5) is 37.7 Å². The summed E-state index contributed by atoms with van der Waals surface area (Å²) in [5.41, 5.74) is 8.56. The number of nitrogens with zero attached hydrogens (tertiary/aromatic N) is 4. The second-order valence-electron chi connectivity index (χ2n) is 18.0. The van der Waals surface area contributed by atoms with Crippen molar-refractivity contribution in [1.82, 2.24) is 19.1 Å². The number of rotatable bonds is 19. The first kappa shape index (κ1) is 54.5. The number of ketones is 2. The number of carbonyl (C=O) groups is 2. The number of benzene rings is 7. The number of Topliss-reactive ketones (excluding diaryl/α,β-unsaturated/α-hetero) is 2. The number of alkyl halides is 6. The molecule has 9 aromatic rings. The largest absolute Gasteiger partial charge is 0.508 e. The molecular formula is C59H54F6N6O6. The minimum absolute atomic E-state index is 0.0466. The maximum Gasteiger partial charge on any atom is 0.390 e. The zero-order valence-corrected chi connectivity index (χ0v) is 42.4. The number of aromatic hydroxyl groups is 1. The number of halogens is 6. The molecule has 3 N–H and O–H groups in total. The van der Waals surface area contributed by atoms with E-state index in [-0.39, 0.29) is 30.4 Å². The molecule has 0 aliphatic rings. The molecule has 2 heterocycles. The van der Waals surface area contributed by atoms with Gasteiger partial charge in [0.25, 0.3) is 0 Å². The predicted molar refractivity (Wildman–Crippen MR) is 285 cm³/mol. The van der Waals surface area contributed by atoms with Crippen LogP contribution in [0.1, 0.15) is 76.9 Å². The van der Waals surface area contributed by atoms with Crippen molar-refractivity contribution in [1.29, 1.82) is 0 Å². The van der Waals surface area contributed by atoms with Crippen LogP contribution in [-0.4, -0.2) is 61.2 Å². The molecule has 77 heavy (non-hydrogen) atoms. The molecule has 18 heteroatoms. The number of anilines is 2. The minimum atomic E-state index is -4.29. The van der Waals surface area contributed by atoms with E-state index >= 15 is 0 Å². The molecule has 398 valence electrons. The van der Waals surface area contributed by atoms with E-state index in [1.165, 1.54) is 12.1 Å². The number of aromatic nitrogens is 4. The van der Waals surface area contributed by atoms with Gasteiger partial charge in [-0.2, -0.15) is 26.3 Å². The fraction of sp³-hybridized carbons (Fsp3) is 0.220. The van der Waals surface area contributed by atoms with Crippen molar-refractivity contribution in [3.8, 4) is 45.9 Å². The van der Waals surface area contributed by atoms with E-state index in [1.54, 1.807) is 96.1 Å². The smallest absolute Gasteiger partial charge is 0.390 e. The molecule has 0 saturated heterocycles. The molecule has 12 nitrogen and oxygen atoms in total. The summed E-state index contributed by atoms with van der Waals surface area (Å²) in [6.07, 6.45) is -6.57. The van der Waals surface area contributed by atoms with Crippen molar-refractivity contribution in [2.24, 2.45) is 0 Å². The standard InChI is InChI=1S/C33H30F3N3O3.C26H24F3N3O3/c1-3-31(40)28-14-9-24(17-22(28)2)39-21-38-32-29(37-16-15-33(34,35)36)18-27(19-30(32)39)42-26-12-10-25(11-13-26)41-20-23-7-5-4-6-8-23;1-3-24(34)21-9-4-17(12-16(21)2)32-15-31-25-22(30-11-10-26(27,28)29)13-20(14-23(25)32)35-19-7-5-18(33)6-8-19/h4-14,17-19,21,37H,3,15-16,20H2,1-2H3;4-9,12-15,30,33H,3,10-11H2,1-2H3. The van der Waals surface area contributed by atoms with Gasteiger partial charge in [0.1, 0.15) is 64.8 Å². The molecular weight excluding hydrogens is 1000 g/mol. The van der Waals surface area contributed by atoms with Crippen LogP contribution in [0.3, 0.4) is 0 Å². The Hall–Kier alpha value is -8.80. The Balaban J connectivity index is 0.000000207. The predicted octanol–water partition coefficient (Wildman–Crippen LogP) is 15.5. The van der Waals surface area contributed by atoms with Crippen molar-refractivity contribution in [2.75, 3.05) is 23.7 Å². The Morgan fingerprint density at radius 1 is 0.545 bits per heavy atom. The van der Waals surface area contributed by atoms with Crippen LogP contribution in [-0.2, 0) is 6.61 Å². The van der Waals surface area contributed by atoms with Crippen LogP contribution >= 0.6 is 0 Å². The molecule has 0 saturated carbocycles. The lowest BCUT2D eigenvalue weighted by molar-refractivity contribution is -0.132. The molecule has 0 radical (unpaired) electrons. The SMILES string of the molecule is CCC(=O)c1ccc(-n2cnc3c(NCCC(F)(F)F)cc(Oc4ccc(O)cc4)cc32)cc1C.CCC(=O)c1ccc(-n2cnc3c(NCCC(F)(F)F)cc(Oc4ccc(OCc5ccccc5)cc4)cc32)cc1C. The lowest BCUT2D eigenvalue weighted by atomic mass is 10.0. The zero-order valence-electron chi connectivity index (χ0n) is 42.4. The summed E-state index contributed by atoms with van der Waals surface area (Å²) in [4.78, 5) is 33.4. The molecule has 0 spiro atoms. The van der Waals surface area contributed by atoms with Gasteiger partial charge in [-0.05, 0) is 115 Å². The number of carbonyl (C=O) groups excluding carboxylic acids is 2. The number of imidazole rings is 2. The lowest BCUT2D eigenvalue weighted by Gasteiger charge is -2.14. The monoisotopic (exact) mass is 1060 g/mol. The average Bonchev–Trinajstić information content (AvgIpc) is 4.04. The third-order valence-corrected chi connectivity index (χ3v) is 12.3. The van der Waals surface area contributed by atoms with E-state index < -0.39 is 25.2 Å². The van der Waals surface area contributed by atoms with Gasteiger partial charge in [0.05, 0.1) is 35.2 Å². The molecule has 0 aliphatic heterocycles. The second kappa shape index (κ2) is 23.8. The number of hydrogen-bond donors (Lipinski definition) is 3. The highest BCUT2D eigenvalue weighted by atomic mass is 19.4. The number of aryl methyl sites for hydroxylation is 2. The van der Waals surface area contributed by atoms with Crippen molar-refractivity contribution < 1.29 is 55.2 Å². The maximum absolute atomic E-state index is 12.9. The van der Waals surface area contributed by atoms with Crippen molar-refractivity contribution >= 4 is 45.0 Å². The molecule has 0 fully saturated rings. The van der Waals surface area contributed by atoms with Crippen LogP contribution in [0.2, 0.25) is 0 Å². The summed E-state index contributed by atoms with van der Waals surface area (Å²) in [6, 6.07) is 40.8. The van der Waals surface area contributed by atoms with Crippen LogP contribution in [0.15, 0.2) is 152 Å². The highest BCUT2D eigenvalue weighted by Crippen LogP contribution is 2.36. The van der Waals surface area contributed by atoms with E-state index in [1.807, 2.05) is 80.8 Å². The minimum Gasteiger partial charge on any atom is -0.508 e. The molecule has 0 bridgehead atoms.